The predicted octanol–water partition coefficient (Wildman–Crippen LogP) is 3.69. The van der Waals surface area contributed by atoms with Gasteiger partial charge in [-0.25, -0.2) is 8.78 Å². The first-order valence-corrected chi connectivity index (χ1v) is 6.29. The lowest BCUT2D eigenvalue weighted by molar-refractivity contribution is 0.0796. The molecule has 0 atom stereocenters. The Morgan fingerprint density at radius 3 is 2.84 bits per heavy atom. The Bertz CT molecular complexity index is 534. The van der Waals surface area contributed by atoms with Crippen molar-refractivity contribution < 1.29 is 17.9 Å². The van der Waals surface area contributed by atoms with Gasteiger partial charge in [0.2, 0.25) is 5.88 Å². The molecule has 2 heterocycles. The Hall–Kier alpha value is -1.63. The molecule has 0 aliphatic rings. The molecule has 0 amide bonds. The summed E-state index contributed by atoms with van der Waals surface area (Å²) < 4.78 is 34.8. The lowest BCUT2D eigenvalue weighted by Crippen LogP contribution is -2.08. The van der Waals surface area contributed by atoms with Crippen LogP contribution in [0.1, 0.15) is 5.76 Å². The van der Waals surface area contributed by atoms with Crippen LogP contribution in [-0.4, -0.2) is 18.0 Å². The summed E-state index contributed by atoms with van der Waals surface area (Å²) in [5, 5.41) is 3.01. The molecule has 2 aromatic heterocycles. The third-order valence-corrected chi connectivity index (χ3v) is 2.58. The minimum absolute atomic E-state index is 0.158. The number of rotatable bonds is 6. The number of hydrogen-bond acceptors (Lipinski definition) is 4. The van der Waals surface area contributed by atoms with E-state index in [9.17, 15) is 8.78 Å². The average Bonchev–Trinajstić information content (AvgIpc) is 2.80. The molecule has 0 spiro atoms. The van der Waals surface area contributed by atoms with Gasteiger partial charge in [0, 0.05) is 6.07 Å². The molecule has 0 aromatic carbocycles. The number of ether oxygens (including phenoxy) is 1. The molecule has 4 nitrogen and oxygen atoms in total. The Morgan fingerprint density at radius 1 is 1.32 bits per heavy atom. The smallest absolute Gasteiger partial charge is 0.272 e. The van der Waals surface area contributed by atoms with Gasteiger partial charge in [0.25, 0.3) is 6.43 Å². The number of nitrogens with one attached hydrogen (secondary N) is 1. The van der Waals surface area contributed by atoms with E-state index < -0.39 is 13.0 Å². The topological polar surface area (TPSA) is 47.3 Å². The van der Waals surface area contributed by atoms with Crippen LogP contribution in [0.5, 0.6) is 5.88 Å². The summed E-state index contributed by atoms with van der Waals surface area (Å²) in [5.74, 6) is 1.41. The quantitative estimate of drug-likeness (QED) is 0.876. The van der Waals surface area contributed by atoms with Gasteiger partial charge in [-0.2, -0.15) is 4.98 Å². The van der Waals surface area contributed by atoms with Crippen LogP contribution in [0.3, 0.4) is 0 Å². The van der Waals surface area contributed by atoms with E-state index in [0.717, 1.165) is 5.76 Å². The molecule has 0 radical (unpaired) electrons. The molecule has 19 heavy (non-hydrogen) atoms. The predicted molar refractivity (Wildman–Crippen MR) is 69.5 cm³/mol. The summed E-state index contributed by atoms with van der Waals surface area (Å²) in [4.78, 5) is 4.05. The van der Waals surface area contributed by atoms with E-state index in [1.54, 1.807) is 18.2 Å². The standard InChI is InChI=1S/C12H11BrF2N2O2/c13-9-5-4-8(19-9)6-16-11-2-1-3-12(17-11)18-7-10(14)15/h1-5,10H,6-7H2,(H,16,17). The van der Waals surface area contributed by atoms with Crippen LogP contribution in [0.2, 0.25) is 0 Å². The molecule has 102 valence electrons. The molecule has 0 aliphatic carbocycles. The van der Waals surface area contributed by atoms with Crippen LogP contribution in [0.15, 0.2) is 39.4 Å². The minimum Gasteiger partial charge on any atom is -0.472 e. The largest absolute Gasteiger partial charge is 0.472 e. The number of nitrogens with zero attached hydrogens (tertiary/aromatic N) is 1. The normalized spacial score (nSPS) is 10.7. The highest BCUT2D eigenvalue weighted by Crippen LogP contribution is 2.16. The molecular formula is C12H11BrF2N2O2. The number of alkyl halides is 2. The van der Waals surface area contributed by atoms with Gasteiger partial charge in [-0.05, 0) is 34.1 Å². The number of halogens is 3. The second-order valence-electron chi connectivity index (χ2n) is 3.62. The van der Waals surface area contributed by atoms with Crippen LogP contribution in [0, 0.1) is 0 Å². The monoisotopic (exact) mass is 332 g/mol. The molecule has 0 bridgehead atoms. The molecule has 0 fully saturated rings. The maximum atomic E-state index is 12.0. The zero-order chi connectivity index (χ0) is 13.7. The fourth-order valence-electron chi connectivity index (χ4n) is 1.37. The van der Waals surface area contributed by atoms with E-state index in [2.05, 4.69) is 26.2 Å². The first-order valence-electron chi connectivity index (χ1n) is 5.49. The van der Waals surface area contributed by atoms with Gasteiger partial charge < -0.3 is 14.5 Å². The average molecular weight is 333 g/mol. The van der Waals surface area contributed by atoms with Gasteiger partial charge in [0.15, 0.2) is 11.3 Å². The van der Waals surface area contributed by atoms with Crippen molar-refractivity contribution in [3.8, 4) is 5.88 Å². The van der Waals surface area contributed by atoms with E-state index >= 15 is 0 Å². The molecular weight excluding hydrogens is 322 g/mol. The van der Waals surface area contributed by atoms with E-state index in [4.69, 9.17) is 9.15 Å². The van der Waals surface area contributed by atoms with Crippen LogP contribution in [0.4, 0.5) is 14.6 Å². The van der Waals surface area contributed by atoms with E-state index in [1.165, 1.54) is 6.07 Å². The van der Waals surface area contributed by atoms with Crippen molar-refractivity contribution in [1.29, 1.82) is 0 Å². The number of pyridine rings is 1. The van der Waals surface area contributed by atoms with Crippen molar-refractivity contribution in [2.24, 2.45) is 0 Å². The van der Waals surface area contributed by atoms with Crippen LogP contribution in [-0.2, 0) is 6.54 Å². The summed E-state index contributed by atoms with van der Waals surface area (Å²) in [6.45, 7) is -0.224. The summed E-state index contributed by atoms with van der Waals surface area (Å²) in [6.07, 6.45) is -2.51. The summed E-state index contributed by atoms with van der Waals surface area (Å²) >= 11 is 3.20. The van der Waals surface area contributed by atoms with Crippen molar-refractivity contribution in [1.82, 2.24) is 4.98 Å². The number of anilines is 1. The zero-order valence-electron chi connectivity index (χ0n) is 9.78. The number of hydrogen-bond donors (Lipinski definition) is 1. The van der Waals surface area contributed by atoms with Crippen molar-refractivity contribution >= 4 is 21.7 Å². The summed E-state index contributed by atoms with van der Waals surface area (Å²) in [6, 6.07) is 8.51. The van der Waals surface area contributed by atoms with E-state index in [-0.39, 0.29) is 5.88 Å². The minimum atomic E-state index is -2.51. The highest BCUT2D eigenvalue weighted by Gasteiger charge is 2.05. The van der Waals surface area contributed by atoms with Crippen molar-refractivity contribution in [2.75, 3.05) is 11.9 Å². The number of furan rings is 1. The summed E-state index contributed by atoms with van der Waals surface area (Å²) in [7, 11) is 0. The molecule has 7 heteroatoms. The van der Waals surface area contributed by atoms with Gasteiger partial charge in [-0.15, -0.1) is 0 Å². The van der Waals surface area contributed by atoms with Gasteiger partial charge in [-0.1, -0.05) is 6.07 Å². The first kappa shape index (κ1) is 13.8. The molecule has 0 unspecified atom stereocenters. The van der Waals surface area contributed by atoms with E-state index in [1.807, 2.05) is 6.07 Å². The fourth-order valence-corrected chi connectivity index (χ4v) is 1.71. The van der Waals surface area contributed by atoms with Crippen molar-refractivity contribution in [3.63, 3.8) is 0 Å². The fraction of sp³-hybridized carbons (Fsp3) is 0.250. The third kappa shape index (κ3) is 4.51. The van der Waals surface area contributed by atoms with Crippen LogP contribution >= 0.6 is 15.9 Å². The molecule has 0 aliphatic heterocycles. The Balaban J connectivity index is 1.91. The highest BCUT2D eigenvalue weighted by molar-refractivity contribution is 9.10. The van der Waals surface area contributed by atoms with Gasteiger partial charge in [0.1, 0.15) is 11.6 Å². The molecule has 0 saturated carbocycles. The third-order valence-electron chi connectivity index (χ3n) is 2.15. The summed E-state index contributed by atoms with van der Waals surface area (Å²) in [5.41, 5.74) is 0. The SMILES string of the molecule is FC(F)COc1cccc(NCc2ccc(Br)o2)n1. The van der Waals surface area contributed by atoms with Crippen LogP contribution in [0.25, 0.3) is 0 Å². The maximum absolute atomic E-state index is 12.0. The molecule has 2 aromatic rings. The van der Waals surface area contributed by atoms with Gasteiger partial charge in [-0.3, -0.25) is 0 Å². The first-order chi connectivity index (χ1) is 9.13. The molecule has 0 saturated heterocycles. The lowest BCUT2D eigenvalue weighted by atomic mass is 10.4. The highest BCUT2D eigenvalue weighted by atomic mass is 79.9. The van der Waals surface area contributed by atoms with E-state index in [0.29, 0.717) is 17.0 Å². The lowest BCUT2D eigenvalue weighted by Gasteiger charge is -2.07. The Morgan fingerprint density at radius 2 is 2.16 bits per heavy atom. The van der Waals surface area contributed by atoms with Crippen molar-refractivity contribution in [2.45, 2.75) is 13.0 Å². The van der Waals surface area contributed by atoms with Gasteiger partial charge in [0.05, 0.1) is 6.54 Å². The van der Waals surface area contributed by atoms with Crippen molar-refractivity contribution in [3.05, 3.63) is 40.8 Å². The second kappa shape index (κ2) is 6.51. The second-order valence-corrected chi connectivity index (χ2v) is 4.40. The maximum Gasteiger partial charge on any atom is 0.272 e. The van der Waals surface area contributed by atoms with Crippen LogP contribution < -0.4 is 10.1 Å². The molecule has 2 rings (SSSR count). The Labute approximate surface area is 116 Å². The zero-order valence-corrected chi connectivity index (χ0v) is 11.4. The Kier molecular flexibility index (Phi) is 4.73. The number of aromatic nitrogens is 1. The van der Waals surface area contributed by atoms with Gasteiger partial charge >= 0.3 is 0 Å². The molecule has 1 N–H and O–H groups in total.